The van der Waals surface area contributed by atoms with Gasteiger partial charge in [0.05, 0.1) is 11.6 Å². The van der Waals surface area contributed by atoms with Crippen molar-refractivity contribution in [1.82, 2.24) is 9.97 Å². The Morgan fingerprint density at radius 1 is 1.25 bits per heavy atom. The highest BCUT2D eigenvalue weighted by molar-refractivity contribution is 9.10. The molecule has 0 atom stereocenters. The second-order valence-electron chi connectivity index (χ2n) is 5.28. The summed E-state index contributed by atoms with van der Waals surface area (Å²) in [6.45, 7) is 4.40. The molecule has 122 valence electrons. The molecule has 1 N–H and O–H groups in total. The highest BCUT2D eigenvalue weighted by Crippen LogP contribution is 2.36. The maximum atomic E-state index is 5.39. The molecule has 6 nitrogen and oxygen atoms in total. The molecule has 0 bridgehead atoms. The second-order valence-corrected chi connectivity index (χ2v) is 7.34. The molecule has 1 aliphatic heterocycles. The number of nitrogens with one attached hydrogen (secondary N) is 1. The average Bonchev–Trinajstić information content (AvgIpc) is 3.12. The van der Waals surface area contributed by atoms with Gasteiger partial charge in [-0.1, -0.05) is 0 Å². The lowest BCUT2D eigenvalue weighted by atomic mass is 10.2. The first-order valence-corrected chi connectivity index (χ1v) is 8.83. The van der Waals surface area contributed by atoms with Crippen LogP contribution in [0.4, 0.5) is 5.82 Å². The summed E-state index contributed by atoms with van der Waals surface area (Å²) in [5, 5.41) is 5.33. The van der Waals surface area contributed by atoms with Crippen molar-refractivity contribution in [3.05, 3.63) is 38.9 Å². The number of thiophene rings is 1. The summed E-state index contributed by atoms with van der Waals surface area (Å²) in [5.74, 6) is 2.15. The van der Waals surface area contributed by atoms with Gasteiger partial charge in [0, 0.05) is 14.9 Å². The van der Waals surface area contributed by atoms with Gasteiger partial charge in [-0.05, 0) is 47.5 Å². The summed E-state index contributed by atoms with van der Waals surface area (Å²) in [7, 11) is 0. The molecular formula is C16H13BrN4O2S. The Balaban J connectivity index is 1.63. The van der Waals surface area contributed by atoms with Gasteiger partial charge in [-0.3, -0.25) is 5.43 Å². The summed E-state index contributed by atoms with van der Waals surface area (Å²) >= 11 is 5.17. The monoisotopic (exact) mass is 404 g/mol. The molecule has 4 rings (SSSR count). The molecule has 3 heterocycles. The lowest BCUT2D eigenvalue weighted by molar-refractivity contribution is 0.174. The third-order valence-corrected chi connectivity index (χ3v) is 5.63. The molecule has 1 aromatic carbocycles. The van der Waals surface area contributed by atoms with Gasteiger partial charge in [-0.15, -0.1) is 11.3 Å². The van der Waals surface area contributed by atoms with Gasteiger partial charge >= 0.3 is 0 Å². The van der Waals surface area contributed by atoms with E-state index in [0.717, 1.165) is 26.0 Å². The summed E-state index contributed by atoms with van der Waals surface area (Å²) in [5.41, 5.74) is 5.08. The number of anilines is 1. The summed E-state index contributed by atoms with van der Waals surface area (Å²) in [6.07, 6.45) is 3.26. The van der Waals surface area contributed by atoms with E-state index in [9.17, 15) is 0 Å². The molecule has 0 spiro atoms. The quantitative estimate of drug-likeness (QED) is 0.521. The fourth-order valence-electron chi connectivity index (χ4n) is 2.46. The van der Waals surface area contributed by atoms with Gasteiger partial charge in [0.25, 0.3) is 0 Å². The van der Waals surface area contributed by atoms with Crippen LogP contribution in [-0.4, -0.2) is 23.0 Å². The van der Waals surface area contributed by atoms with E-state index in [1.807, 2.05) is 12.1 Å². The number of aryl methyl sites for hydroxylation is 2. The molecule has 0 saturated carbocycles. The van der Waals surface area contributed by atoms with Crippen LogP contribution >= 0.6 is 27.3 Å². The van der Waals surface area contributed by atoms with E-state index >= 15 is 0 Å². The lowest BCUT2D eigenvalue weighted by Gasteiger charge is -2.03. The SMILES string of the molecule is Cc1sc2ncnc(N/N=C\c3cc4c(cc3Br)OCO4)c2c1C. The highest BCUT2D eigenvalue weighted by Gasteiger charge is 2.15. The Labute approximate surface area is 150 Å². The molecule has 0 unspecified atom stereocenters. The lowest BCUT2D eigenvalue weighted by Crippen LogP contribution is -1.96. The summed E-state index contributed by atoms with van der Waals surface area (Å²) in [6, 6.07) is 3.76. The minimum Gasteiger partial charge on any atom is -0.454 e. The van der Waals surface area contributed by atoms with E-state index in [2.05, 4.69) is 50.3 Å². The number of hydrogen-bond donors (Lipinski definition) is 1. The van der Waals surface area contributed by atoms with Crippen molar-refractivity contribution < 1.29 is 9.47 Å². The first-order valence-electron chi connectivity index (χ1n) is 7.22. The van der Waals surface area contributed by atoms with Crippen LogP contribution < -0.4 is 14.9 Å². The minimum absolute atomic E-state index is 0.246. The van der Waals surface area contributed by atoms with Crippen LogP contribution in [0.15, 0.2) is 28.0 Å². The summed E-state index contributed by atoms with van der Waals surface area (Å²) < 4.78 is 11.6. The van der Waals surface area contributed by atoms with Crippen LogP contribution in [0.2, 0.25) is 0 Å². The number of fused-ring (bicyclic) bond motifs is 2. The van der Waals surface area contributed by atoms with Gasteiger partial charge in [-0.2, -0.15) is 5.10 Å². The van der Waals surface area contributed by atoms with Gasteiger partial charge in [0.2, 0.25) is 6.79 Å². The standard InChI is InChI=1S/C16H13BrN4O2S/c1-8-9(2)24-16-14(8)15(18-6-19-16)21-20-5-10-3-12-13(4-11(10)17)23-7-22-12/h3-6H,7H2,1-2H3,(H,18,19,21)/b20-5-. The number of hydrazone groups is 1. The zero-order chi connectivity index (χ0) is 16.7. The molecule has 0 radical (unpaired) electrons. The van der Waals surface area contributed by atoms with Gasteiger partial charge in [-0.25, -0.2) is 9.97 Å². The predicted octanol–water partition coefficient (Wildman–Crippen LogP) is 4.25. The zero-order valence-corrected chi connectivity index (χ0v) is 15.4. The number of rotatable bonds is 3. The molecule has 3 aromatic rings. The largest absolute Gasteiger partial charge is 0.454 e. The Morgan fingerprint density at radius 2 is 2.04 bits per heavy atom. The van der Waals surface area contributed by atoms with Crippen molar-refractivity contribution in [3.8, 4) is 11.5 Å². The molecule has 2 aromatic heterocycles. The third-order valence-electron chi connectivity index (χ3n) is 3.83. The average molecular weight is 405 g/mol. The Kier molecular flexibility index (Phi) is 3.85. The summed E-state index contributed by atoms with van der Waals surface area (Å²) in [4.78, 5) is 10.8. The fraction of sp³-hybridized carbons (Fsp3) is 0.188. The number of ether oxygens (including phenoxy) is 2. The number of halogens is 1. The smallest absolute Gasteiger partial charge is 0.231 e. The minimum atomic E-state index is 0.246. The van der Waals surface area contributed by atoms with E-state index in [4.69, 9.17) is 9.47 Å². The van der Waals surface area contributed by atoms with Crippen molar-refractivity contribution in [2.45, 2.75) is 13.8 Å². The normalized spacial score (nSPS) is 13.1. The molecule has 1 aliphatic rings. The Bertz CT molecular complexity index is 970. The number of benzene rings is 1. The van der Waals surface area contributed by atoms with Crippen molar-refractivity contribution in [2.24, 2.45) is 5.10 Å². The van der Waals surface area contributed by atoms with Crippen LogP contribution in [0.25, 0.3) is 10.2 Å². The van der Waals surface area contributed by atoms with Crippen molar-refractivity contribution in [3.63, 3.8) is 0 Å². The molecule has 0 amide bonds. The zero-order valence-electron chi connectivity index (χ0n) is 13.0. The molecular weight excluding hydrogens is 392 g/mol. The molecule has 0 saturated heterocycles. The van der Waals surface area contributed by atoms with Crippen LogP contribution in [-0.2, 0) is 0 Å². The van der Waals surface area contributed by atoms with Crippen molar-refractivity contribution in [1.29, 1.82) is 0 Å². The highest BCUT2D eigenvalue weighted by atomic mass is 79.9. The first kappa shape index (κ1) is 15.3. The predicted molar refractivity (Wildman–Crippen MR) is 98.4 cm³/mol. The van der Waals surface area contributed by atoms with E-state index < -0.39 is 0 Å². The van der Waals surface area contributed by atoms with Gasteiger partial charge < -0.3 is 9.47 Å². The van der Waals surface area contributed by atoms with E-state index in [1.165, 1.54) is 10.4 Å². The molecule has 0 aliphatic carbocycles. The number of nitrogens with zero attached hydrogens (tertiary/aromatic N) is 3. The van der Waals surface area contributed by atoms with Crippen molar-refractivity contribution >= 4 is 49.5 Å². The third kappa shape index (κ3) is 2.61. The van der Waals surface area contributed by atoms with Crippen LogP contribution in [0.1, 0.15) is 16.0 Å². The Morgan fingerprint density at radius 3 is 2.88 bits per heavy atom. The number of aromatic nitrogens is 2. The van der Waals surface area contributed by atoms with Crippen LogP contribution in [0.5, 0.6) is 11.5 Å². The Hall–Kier alpha value is -2.19. The maximum Gasteiger partial charge on any atom is 0.231 e. The molecule has 8 heteroatoms. The van der Waals surface area contributed by atoms with E-state index in [-0.39, 0.29) is 6.79 Å². The first-order chi connectivity index (χ1) is 11.6. The fourth-order valence-corrected chi connectivity index (χ4v) is 3.88. The molecule has 0 fully saturated rings. The topological polar surface area (TPSA) is 68.6 Å². The second kappa shape index (κ2) is 6.03. The maximum absolute atomic E-state index is 5.39. The van der Waals surface area contributed by atoms with E-state index in [1.54, 1.807) is 23.9 Å². The van der Waals surface area contributed by atoms with Crippen LogP contribution in [0.3, 0.4) is 0 Å². The van der Waals surface area contributed by atoms with E-state index in [0.29, 0.717) is 11.6 Å². The van der Waals surface area contributed by atoms with Gasteiger partial charge in [0.1, 0.15) is 11.2 Å². The van der Waals surface area contributed by atoms with Crippen molar-refractivity contribution in [2.75, 3.05) is 12.2 Å². The number of hydrogen-bond acceptors (Lipinski definition) is 7. The van der Waals surface area contributed by atoms with Crippen LogP contribution in [0, 0.1) is 13.8 Å². The molecule has 24 heavy (non-hydrogen) atoms. The van der Waals surface area contributed by atoms with Gasteiger partial charge in [0.15, 0.2) is 17.3 Å².